The number of imide groups is 1. The number of carbonyl (C=O) groups excluding carboxylic acids is 3. The first-order valence-corrected chi connectivity index (χ1v) is 11.7. The quantitative estimate of drug-likeness (QED) is 0.507. The average Bonchev–Trinajstić information content (AvgIpc) is 3.33. The van der Waals surface area contributed by atoms with Gasteiger partial charge in [0.1, 0.15) is 5.54 Å². The van der Waals surface area contributed by atoms with E-state index in [4.69, 9.17) is 0 Å². The van der Waals surface area contributed by atoms with Crippen LogP contribution in [0.3, 0.4) is 0 Å². The van der Waals surface area contributed by atoms with Crippen LogP contribution in [0, 0.1) is 6.92 Å². The first kappa shape index (κ1) is 22.7. The molecule has 4 rings (SSSR count). The zero-order chi connectivity index (χ0) is 23.6. The van der Waals surface area contributed by atoms with Crippen molar-refractivity contribution in [2.24, 2.45) is 0 Å². The largest absolute Gasteiger partial charge is 0.325 e. The van der Waals surface area contributed by atoms with E-state index in [9.17, 15) is 14.4 Å². The van der Waals surface area contributed by atoms with Crippen molar-refractivity contribution in [1.29, 1.82) is 0 Å². The number of benzene rings is 2. The lowest BCUT2D eigenvalue weighted by molar-refractivity contribution is -0.132. The fraction of sp³-hybridized carbons (Fsp3) is 0.280. The Labute approximate surface area is 197 Å². The number of aromatic nitrogens is 1. The average molecular weight is 463 g/mol. The maximum Gasteiger partial charge on any atom is 0.325 e. The van der Waals surface area contributed by atoms with Crippen LogP contribution in [0.1, 0.15) is 43.5 Å². The number of amides is 4. The van der Waals surface area contributed by atoms with Gasteiger partial charge in [-0.1, -0.05) is 55.8 Å². The molecule has 2 aromatic carbocycles. The number of nitrogens with zero attached hydrogens (tertiary/aromatic N) is 3. The molecule has 1 aliphatic rings. The SMILES string of the molecule is CCC[C@@]1(c2ccccc2)NC(=O)N(Cc2csc(N(C(C)=O)c3cccc(C)c3)n2)C1=O. The van der Waals surface area contributed by atoms with Gasteiger partial charge in [-0.25, -0.2) is 9.78 Å². The predicted octanol–water partition coefficient (Wildman–Crippen LogP) is 4.88. The Hall–Kier alpha value is -3.52. The second kappa shape index (κ2) is 9.15. The third-order valence-electron chi connectivity index (χ3n) is 5.69. The number of rotatable bonds is 7. The minimum atomic E-state index is -1.07. The summed E-state index contributed by atoms with van der Waals surface area (Å²) >= 11 is 1.30. The molecule has 0 unspecified atom stereocenters. The minimum absolute atomic E-state index is 0.0407. The van der Waals surface area contributed by atoms with E-state index in [2.05, 4.69) is 10.3 Å². The molecule has 1 aromatic heterocycles. The highest BCUT2D eigenvalue weighted by Crippen LogP contribution is 2.35. The number of aryl methyl sites for hydroxylation is 1. The van der Waals surface area contributed by atoms with Gasteiger partial charge in [0.15, 0.2) is 5.13 Å². The van der Waals surface area contributed by atoms with Gasteiger partial charge in [0.2, 0.25) is 5.91 Å². The number of urea groups is 1. The molecule has 0 radical (unpaired) electrons. The smallest absolute Gasteiger partial charge is 0.319 e. The molecule has 33 heavy (non-hydrogen) atoms. The maximum absolute atomic E-state index is 13.5. The van der Waals surface area contributed by atoms with Crippen LogP contribution in [0.4, 0.5) is 15.6 Å². The third kappa shape index (κ3) is 4.26. The van der Waals surface area contributed by atoms with Crippen LogP contribution in [0.5, 0.6) is 0 Å². The molecule has 4 amide bonds. The molecule has 0 bridgehead atoms. The molecule has 1 atom stereocenters. The highest BCUT2D eigenvalue weighted by molar-refractivity contribution is 7.14. The second-order valence-electron chi connectivity index (χ2n) is 8.16. The van der Waals surface area contributed by atoms with Crippen LogP contribution < -0.4 is 10.2 Å². The lowest BCUT2D eigenvalue weighted by atomic mass is 9.85. The topological polar surface area (TPSA) is 82.6 Å². The first-order chi connectivity index (χ1) is 15.9. The number of thiazole rings is 1. The Morgan fingerprint density at radius 3 is 2.58 bits per heavy atom. The van der Waals surface area contributed by atoms with E-state index in [0.29, 0.717) is 17.2 Å². The molecule has 1 saturated heterocycles. The minimum Gasteiger partial charge on any atom is -0.319 e. The van der Waals surface area contributed by atoms with E-state index >= 15 is 0 Å². The van der Waals surface area contributed by atoms with E-state index in [0.717, 1.165) is 23.2 Å². The zero-order valence-corrected chi connectivity index (χ0v) is 19.7. The predicted molar refractivity (Wildman–Crippen MR) is 128 cm³/mol. The second-order valence-corrected chi connectivity index (χ2v) is 8.99. The van der Waals surface area contributed by atoms with Crippen LogP contribution in [-0.2, 0) is 21.7 Å². The van der Waals surface area contributed by atoms with Gasteiger partial charge in [-0.3, -0.25) is 19.4 Å². The molecular formula is C25H26N4O3S. The highest BCUT2D eigenvalue weighted by atomic mass is 32.1. The molecule has 1 aliphatic heterocycles. The van der Waals surface area contributed by atoms with Crippen molar-refractivity contribution in [3.05, 3.63) is 76.8 Å². The summed E-state index contributed by atoms with van der Waals surface area (Å²) in [5, 5.41) is 5.21. The van der Waals surface area contributed by atoms with Gasteiger partial charge in [0.05, 0.1) is 17.9 Å². The molecule has 0 spiro atoms. The van der Waals surface area contributed by atoms with Crippen LogP contribution in [0.2, 0.25) is 0 Å². The van der Waals surface area contributed by atoms with Crippen molar-refractivity contribution in [1.82, 2.24) is 15.2 Å². The summed E-state index contributed by atoms with van der Waals surface area (Å²) in [7, 11) is 0. The third-order valence-corrected chi connectivity index (χ3v) is 6.57. The molecule has 2 heterocycles. The number of hydrogen-bond acceptors (Lipinski definition) is 5. The summed E-state index contributed by atoms with van der Waals surface area (Å²) < 4.78 is 0. The summed E-state index contributed by atoms with van der Waals surface area (Å²) in [6, 6.07) is 16.5. The number of anilines is 2. The Kier molecular flexibility index (Phi) is 6.29. The van der Waals surface area contributed by atoms with Gasteiger partial charge >= 0.3 is 6.03 Å². The first-order valence-electron chi connectivity index (χ1n) is 10.9. The highest BCUT2D eigenvalue weighted by Gasteiger charge is 2.51. The summed E-state index contributed by atoms with van der Waals surface area (Å²) in [5.74, 6) is -0.445. The van der Waals surface area contributed by atoms with E-state index in [1.165, 1.54) is 23.2 Å². The normalized spacial score (nSPS) is 17.8. The number of carbonyl (C=O) groups is 3. The van der Waals surface area contributed by atoms with Crippen molar-refractivity contribution >= 4 is 40.0 Å². The van der Waals surface area contributed by atoms with E-state index in [1.807, 2.05) is 68.4 Å². The van der Waals surface area contributed by atoms with Gasteiger partial charge in [-0.05, 0) is 36.6 Å². The summed E-state index contributed by atoms with van der Waals surface area (Å²) in [5.41, 5.74) is 2.01. The maximum atomic E-state index is 13.5. The molecule has 1 fully saturated rings. The molecule has 0 aliphatic carbocycles. The molecule has 3 aromatic rings. The number of hydrogen-bond donors (Lipinski definition) is 1. The van der Waals surface area contributed by atoms with Gasteiger partial charge in [-0.15, -0.1) is 11.3 Å². The molecule has 8 heteroatoms. The summed E-state index contributed by atoms with van der Waals surface area (Å²) in [6.07, 6.45) is 1.24. The van der Waals surface area contributed by atoms with Crippen molar-refractivity contribution in [2.45, 2.75) is 45.7 Å². The fourth-order valence-corrected chi connectivity index (χ4v) is 5.08. The molecule has 0 saturated carbocycles. The van der Waals surface area contributed by atoms with Gasteiger partial charge in [0, 0.05) is 12.3 Å². The Balaban J connectivity index is 1.61. The zero-order valence-electron chi connectivity index (χ0n) is 18.9. The van der Waals surface area contributed by atoms with Crippen molar-refractivity contribution in [2.75, 3.05) is 4.90 Å². The monoisotopic (exact) mass is 462 g/mol. The lowest BCUT2D eigenvalue weighted by Crippen LogP contribution is -2.43. The lowest BCUT2D eigenvalue weighted by Gasteiger charge is -2.26. The standard InChI is InChI=1S/C25H26N4O3S/c1-4-13-25(19-10-6-5-7-11-19)22(31)28(23(32)27-25)15-20-16-33-24(26-20)29(18(3)30)21-12-8-9-17(2)14-21/h5-12,14,16H,4,13,15H2,1-3H3,(H,27,32)/t25-/m0/s1. The van der Waals surface area contributed by atoms with Gasteiger partial charge < -0.3 is 5.32 Å². The number of nitrogens with one attached hydrogen (secondary N) is 1. The van der Waals surface area contributed by atoms with Crippen LogP contribution in [0.15, 0.2) is 60.0 Å². The van der Waals surface area contributed by atoms with E-state index in [1.54, 1.807) is 10.3 Å². The fourth-order valence-electron chi connectivity index (χ4n) is 4.20. The van der Waals surface area contributed by atoms with Gasteiger partial charge in [-0.2, -0.15) is 0 Å². The molecule has 7 nitrogen and oxygen atoms in total. The Morgan fingerprint density at radius 2 is 1.91 bits per heavy atom. The van der Waals surface area contributed by atoms with Crippen LogP contribution in [0.25, 0.3) is 0 Å². The Bertz CT molecular complexity index is 1190. The van der Waals surface area contributed by atoms with Crippen LogP contribution in [-0.4, -0.2) is 27.7 Å². The molecule has 170 valence electrons. The summed E-state index contributed by atoms with van der Waals surface area (Å²) in [4.78, 5) is 46.1. The molecular weight excluding hydrogens is 436 g/mol. The van der Waals surface area contributed by atoms with E-state index < -0.39 is 11.6 Å². The summed E-state index contributed by atoms with van der Waals surface area (Å²) in [6.45, 7) is 5.47. The van der Waals surface area contributed by atoms with Crippen molar-refractivity contribution in [3.63, 3.8) is 0 Å². The van der Waals surface area contributed by atoms with Crippen molar-refractivity contribution < 1.29 is 14.4 Å². The van der Waals surface area contributed by atoms with Gasteiger partial charge in [0.25, 0.3) is 5.91 Å². The Morgan fingerprint density at radius 1 is 1.15 bits per heavy atom. The van der Waals surface area contributed by atoms with Crippen molar-refractivity contribution in [3.8, 4) is 0 Å². The van der Waals surface area contributed by atoms with E-state index in [-0.39, 0.29) is 18.4 Å². The van der Waals surface area contributed by atoms with Crippen LogP contribution >= 0.6 is 11.3 Å². The molecule has 1 N–H and O–H groups in total.